The zero-order valence-corrected chi connectivity index (χ0v) is 5.88. The quantitative estimate of drug-likeness (QED) is 0.590. The summed E-state index contributed by atoms with van der Waals surface area (Å²) in [5.41, 5.74) is -2.79. The van der Waals surface area contributed by atoms with Crippen LogP contribution < -0.4 is 0 Å². The lowest BCUT2D eigenvalue weighted by molar-refractivity contribution is -0.313. The van der Waals surface area contributed by atoms with E-state index in [-0.39, 0.29) is 0 Å². The number of alkyl halides is 5. The fourth-order valence-electron chi connectivity index (χ4n) is 0.290. The maximum Gasteiger partial charge on any atom is 0.417 e. The Morgan fingerprint density at radius 3 is 1.55 bits per heavy atom. The Bertz CT molecular complexity index is 127. The van der Waals surface area contributed by atoms with Gasteiger partial charge in [-0.25, -0.2) is 0 Å². The summed E-state index contributed by atoms with van der Waals surface area (Å²) in [6, 6.07) is 0. The molecule has 0 heterocycles. The summed E-state index contributed by atoms with van der Waals surface area (Å²) >= 11 is 0. The molecule has 0 unspecified atom stereocenters. The first-order valence-electron chi connectivity index (χ1n) is 2.69. The first kappa shape index (κ1) is 10.6. The Kier molecular flexibility index (Phi) is 2.82. The van der Waals surface area contributed by atoms with Crippen molar-refractivity contribution < 1.29 is 26.7 Å². The van der Waals surface area contributed by atoms with Crippen LogP contribution in [-0.4, -0.2) is 18.4 Å². The monoisotopic (exact) mass is 178 g/mol. The minimum atomic E-state index is -4.77. The standard InChI is InChI=1S/C5H7F5O/c1-4(2,5(8,9)10)11-3(6)7/h3H,1-2H3. The Morgan fingerprint density at radius 2 is 1.45 bits per heavy atom. The molecular formula is C5H7F5O. The maximum atomic E-state index is 11.7. The zero-order chi connectivity index (χ0) is 9.28. The molecule has 0 bridgehead atoms. The van der Waals surface area contributed by atoms with E-state index < -0.39 is 18.4 Å². The smallest absolute Gasteiger partial charge is 0.307 e. The molecule has 0 aromatic heterocycles. The predicted octanol–water partition coefficient (Wildman–Crippen LogP) is 2.57. The van der Waals surface area contributed by atoms with Gasteiger partial charge < -0.3 is 4.74 Å². The van der Waals surface area contributed by atoms with Crippen molar-refractivity contribution in [3.8, 4) is 0 Å². The Morgan fingerprint density at radius 1 is 1.09 bits per heavy atom. The molecule has 1 nitrogen and oxygen atoms in total. The Labute approximate surface area is 60.1 Å². The lowest BCUT2D eigenvalue weighted by Crippen LogP contribution is -2.43. The van der Waals surface area contributed by atoms with Crippen LogP contribution in [0.4, 0.5) is 22.0 Å². The van der Waals surface area contributed by atoms with Crippen molar-refractivity contribution in [2.24, 2.45) is 0 Å². The molecular weight excluding hydrogens is 171 g/mol. The first-order chi connectivity index (χ1) is 4.67. The van der Waals surface area contributed by atoms with E-state index in [1.807, 2.05) is 0 Å². The highest BCUT2D eigenvalue weighted by molar-refractivity contribution is 4.77. The lowest BCUT2D eigenvalue weighted by atomic mass is 10.1. The number of hydrogen-bond acceptors (Lipinski definition) is 1. The third-order valence-electron chi connectivity index (χ3n) is 1.07. The molecule has 11 heavy (non-hydrogen) atoms. The van der Waals surface area contributed by atoms with Gasteiger partial charge in [-0.2, -0.15) is 22.0 Å². The molecule has 0 saturated heterocycles. The topological polar surface area (TPSA) is 9.23 Å². The van der Waals surface area contributed by atoms with Gasteiger partial charge in [-0.3, -0.25) is 0 Å². The van der Waals surface area contributed by atoms with Gasteiger partial charge in [0.15, 0.2) is 5.60 Å². The molecule has 0 spiro atoms. The van der Waals surface area contributed by atoms with Crippen molar-refractivity contribution in [2.45, 2.75) is 32.2 Å². The molecule has 0 aliphatic carbocycles. The van der Waals surface area contributed by atoms with Crippen LogP contribution in [-0.2, 0) is 4.74 Å². The van der Waals surface area contributed by atoms with E-state index in [4.69, 9.17) is 0 Å². The van der Waals surface area contributed by atoms with Crippen molar-refractivity contribution in [1.82, 2.24) is 0 Å². The van der Waals surface area contributed by atoms with Gasteiger partial charge in [-0.1, -0.05) is 0 Å². The highest BCUT2D eigenvalue weighted by atomic mass is 19.4. The summed E-state index contributed by atoms with van der Waals surface area (Å²) in [4.78, 5) is 0. The summed E-state index contributed by atoms with van der Waals surface area (Å²) in [6.45, 7) is -2.33. The van der Waals surface area contributed by atoms with E-state index in [0.29, 0.717) is 13.8 Å². The molecule has 0 aromatic carbocycles. The molecule has 0 amide bonds. The van der Waals surface area contributed by atoms with Crippen LogP contribution in [0.1, 0.15) is 13.8 Å². The summed E-state index contributed by atoms with van der Waals surface area (Å²) in [7, 11) is 0. The van der Waals surface area contributed by atoms with Crippen molar-refractivity contribution in [3.05, 3.63) is 0 Å². The highest BCUT2D eigenvalue weighted by Gasteiger charge is 2.50. The normalized spacial score (nSPS) is 14.2. The molecule has 0 aliphatic heterocycles. The van der Waals surface area contributed by atoms with Gasteiger partial charge in [-0.05, 0) is 13.8 Å². The molecule has 0 fully saturated rings. The Balaban J connectivity index is 4.22. The molecule has 0 atom stereocenters. The van der Waals surface area contributed by atoms with E-state index >= 15 is 0 Å². The average molecular weight is 178 g/mol. The van der Waals surface area contributed by atoms with E-state index in [0.717, 1.165) is 0 Å². The fourth-order valence-corrected chi connectivity index (χ4v) is 0.290. The Hall–Kier alpha value is -0.390. The van der Waals surface area contributed by atoms with E-state index in [9.17, 15) is 22.0 Å². The fraction of sp³-hybridized carbons (Fsp3) is 1.00. The second-order valence-corrected chi connectivity index (χ2v) is 2.39. The van der Waals surface area contributed by atoms with Crippen molar-refractivity contribution >= 4 is 0 Å². The molecule has 0 aromatic rings. The molecule has 0 rings (SSSR count). The third kappa shape index (κ3) is 3.00. The van der Waals surface area contributed by atoms with Gasteiger partial charge >= 0.3 is 12.8 Å². The van der Waals surface area contributed by atoms with Gasteiger partial charge in [0.25, 0.3) is 0 Å². The van der Waals surface area contributed by atoms with Gasteiger partial charge in [0, 0.05) is 0 Å². The maximum absolute atomic E-state index is 11.7. The second kappa shape index (κ2) is 2.92. The average Bonchev–Trinajstić information content (AvgIpc) is 1.56. The molecule has 6 heteroatoms. The summed E-state index contributed by atoms with van der Waals surface area (Å²) in [5, 5.41) is 0. The van der Waals surface area contributed by atoms with E-state index in [1.54, 1.807) is 0 Å². The SMILES string of the molecule is CC(C)(OC(F)F)C(F)(F)F. The first-order valence-corrected chi connectivity index (χ1v) is 2.69. The van der Waals surface area contributed by atoms with E-state index in [2.05, 4.69) is 4.74 Å². The van der Waals surface area contributed by atoms with Crippen LogP contribution in [0.15, 0.2) is 0 Å². The second-order valence-electron chi connectivity index (χ2n) is 2.39. The van der Waals surface area contributed by atoms with Gasteiger partial charge in [0.1, 0.15) is 0 Å². The zero-order valence-electron chi connectivity index (χ0n) is 5.88. The van der Waals surface area contributed by atoms with Crippen molar-refractivity contribution in [1.29, 1.82) is 0 Å². The predicted molar refractivity (Wildman–Crippen MR) is 27.2 cm³/mol. The molecule has 68 valence electrons. The number of ether oxygens (including phenoxy) is 1. The van der Waals surface area contributed by atoms with Gasteiger partial charge in [0.2, 0.25) is 0 Å². The minimum absolute atomic E-state index is 0.541. The molecule has 0 N–H and O–H groups in total. The molecule has 0 saturated carbocycles. The highest BCUT2D eigenvalue weighted by Crippen LogP contribution is 2.33. The summed E-state index contributed by atoms with van der Waals surface area (Å²) in [6.07, 6.45) is -4.77. The van der Waals surface area contributed by atoms with Crippen LogP contribution in [0.25, 0.3) is 0 Å². The molecule has 0 aliphatic rings. The van der Waals surface area contributed by atoms with Gasteiger partial charge in [0.05, 0.1) is 0 Å². The van der Waals surface area contributed by atoms with Crippen LogP contribution >= 0.6 is 0 Å². The van der Waals surface area contributed by atoms with Crippen LogP contribution in [0, 0.1) is 0 Å². The van der Waals surface area contributed by atoms with Crippen LogP contribution in [0.3, 0.4) is 0 Å². The third-order valence-corrected chi connectivity index (χ3v) is 1.07. The van der Waals surface area contributed by atoms with Crippen molar-refractivity contribution in [2.75, 3.05) is 0 Å². The summed E-state index contributed by atoms with van der Waals surface area (Å²) < 4.78 is 61.2. The van der Waals surface area contributed by atoms with Gasteiger partial charge in [-0.15, -0.1) is 0 Å². The largest absolute Gasteiger partial charge is 0.417 e. The van der Waals surface area contributed by atoms with E-state index in [1.165, 1.54) is 0 Å². The van der Waals surface area contributed by atoms with Crippen molar-refractivity contribution in [3.63, 3.8) is 0 Å². The van der Waals surface area contributed by atoms with Crippen LogP contribution in [0.2, 0.25) is 0 Å². The number of hydrogen-bond donors (Lipinski definition) is 0. The minimum Gasteiger partial charge on any atom is -0.307 e. The molecule has 0 radical (unpaired) electrons. The lowest BCUT2D eigenvalue weighted by Gasteiger charge is -2.26. The number of rotatable bonds is 2. The number of halogens is 5. The van der Waals surface area contributed by atoms with Crippen LogP contribution in [0.5, 0.6) is 0 Å². The summed E-state index contributed by atoms with van der Waals surface area (Å²) in [5.74, 6) is 0.